The third-order valence-corrected chi connectivity index (χ3v) is 6.26. The van der Waals surface area contributed by atoms with Gasteiger partial charge in [-0.3, -0.25) is 0 Å². The van der Waals surface area contributed by atoms with E-state index in [1.165, 1.54) is 17.7 Å². The number of nitrogens with one attached hydrogen (secondary N) is 1. The summed E-state index contributed by atoms with van der Waals surface area (Å²) in [5.41, 5.74) is 0.917. The van der Waals surface area contributed by atoms with E-state index in [4.69, 9.17) is 9.47 Å². The summed E-state index contributed by atoms with van der Waals surface area (Å²) in [5, 5.41) is 13.0. The van der Waals surface area contributed by atoms with Crippen molar-refractivity contribution in [2.45, 2.75) is 58.5 Å². The number of piperidine rings is 1. The Balaban J connectivity index is 2.14. The van der Waals surface area contributed by atoms with Gasteiger partial charge < -0.3 is 14.4 Å². The second kappa shape index (κ2) is 8.47. The Bertz CT molecular complexity index is 781. The van der Waals surface area contributed by atoms with Crippen LogP contribution < -0.4 is 14.4 Å². The molecule has 7 nitrogen and oxygen atoms in total. The first-order chi connectivity index (χ1) is 13.4. The zero-order chi connectivity index (χ0) is 20.3. The van der Waals surface area contributed by atoms with E-state index in [9.17, 15) is 0 Å². The number of quaternary nitrogens is 1. The third-order valence-electron chi connectivity index (χ3n) is 6.26. The lowest BCUT2D eigenvalue weighted by molar-refractivity contribution is -0.932. The van der Waals surface area contributed by atoms with Crippen LogP contribution in [0.15, 0.2) is 18.2 Å². The van der Waals surface area contributed by atoms with Gasteiger partial charge in [-0.1, -0.05) is 13.8 Å². The number of methoxy groups -OCH3 is 2. The molecule has 1 aliphatic heterocycles. The largest absolute Gasteiger partial charge is 0.497 e. The first kappa shape index (κ1) is 20.6. The van der Waals surface area contributed by atoms with Gasteiger partial charge in [-0.05, 0) is 67.7 Å². The van der Waals surface area contributed by atoms with E-state index in [0.29, 0.717) is 0 Å². The molecule has 2 aromatic rings. The highest BCUT2D eigenvalue weighted by atomic mass is 16.5. The normalized spacial score (nSPS) is 21.4. The quantitative estimate of drug-likeness (QED) is 0.788. The van der Waals surface area contributed by atoms with Crippen molar-refractivity contribution in [3.05, 3.63) is 29.6 Å². The van der Waals surface area contributed by atoms with E-state index < -0.39 is 0 Å². The molecule has 1 atom stereocenters. The summed E-state index contributed by atoms with van der Waals surface area (Å²) < 4.78 is 13.3. The van der Waals surface area contributed by atoms with Crippen molar-refractivity contribution in [1.29, 1.82) is 0 Å². The number of hydrogen-bond acceptors (Lipinski definition) is 5. The van der Waals surface area contributed by atoms with Gasteiger partial charge in [0.2, 0.25) is 5.82 Å². The molecule has 1 aromatic carbocycles. The molecule has 1 N–H and O–H groups in total. The van der Waals surface area contributed by atoms with E-state index in [2.05, 4.69) is 49.3 Å². The number of aromatic nitrogens is 4. The summed E-state index contributed by atoms with van der Waals surface area (Å²) in [4.78, 5) is 1.48. The summed E-state index contributed by atoms with van der Waals surface area (Å²) >= 11 is 0. The molecule has 0 saturated carbocycles. The Morgan fingerprint density at radius 1 is 1.21 bits per heavy atom. The van der Waals surface area contributed by atoms with Crippen molar-refractivity contribution in [2.24, 2.45) is 5.92 Å². The van der Waals surface area contributed by atoms with E-state index in [1.807, 2.05) is 16.8 Å². The minimum Gasteiger partial charge on any atom is -0.497 e. The maximum absolute atomic E-state index is 5.74. The average molecular weight is 389 g/mol. The summed E-state index contributed by atoms with van der Waals surface area (Å²) in [5.74, 6) is 3.32. The van der Waals surface area contributed by atoms with Crippen LogP contribution in [0.4, 0.5) is 0 Å². The number of nitrogens with zero attached hydrogens (tertiary/aromatic N) is 4. The second-order valence-corrected chi connectivity index (χ2v) is 8.50. The van der Waals surface area contributed by atoms with E-state index in [1.54, 1.807) is 14.2 Å². The SMILES string of the molecule is CCC(C)(C)n1nnnc1[C@H](c1cc(OC)ccc1OC)[NH+]1CCC(C)CC1. The van der Waals surface area contributed by atoms with Crippen LogP contribution in [0.2, 0.25) is 0 Å². The first-order valence-electron chi connectivity index (χ1n) is 10.3. The minimum absolute atomic E-state index is 0.00150. The molecule has 0 unspecified atom stereocenters. The molecule has 1 aromatic heterocycles. The van der Waals surface area contributed by atoms with Crippen molar-refractivity contribution in [2.75, 3.05) is 27.3 Å². The van der Waals surface area contributed by atoms with Crippen LogP contribution in [-0.2, 0) is 5.54 Å². The standard InChI is InChI=1S/C21H33N5O2/c1-7-21(3,4)26-20(22-23-24-26)19(25-12-10-15(2)11-13-25)17-14-16(27-5)8-9-18(17)28-6/h8-9,14-15,19H,7,10-13H2,1-6H3/p+1/t19-/m0/s1. The average Bonchev–Trinajstić information content (AvgIpc) is 3.20. The number of tetrazole rings is 1. The van der Waals surface area contributed by atoms with Crippen LogP contribution in [-0.4, -0.2) is 47.5 Å². The molecule has 7 heteroatoms. The van der Waals surface area contributed by atoms with E-state index in [0.717, 1.165) is 48.3 Å². The molecular weight excluding hydrogens is 354 g/mol. The van der Waals surface area contributed by atoms with Crippen molar-refractivity contribution in [3.8, 4) is 11.5 Å². The van der Waals surface area contributed by atoms with Crippen LogP contribution in [0.1, 0.15) is 64.4 Å². The molecule has 3 rings (SSSR count). The molecule has 0 bridgehead atoms. The molecule has 1 aliphatic rings. The summed E-state index contributed by atoms with van der Waals surface area (Å²) in [6, 6.07) is 5.99. The number of likely N-dealkylation sites (tertiary alicyclic amines) is 1. The van der Waals surface area contributed by atoms with Gasteiger partial charge in [-0.2, -0.15) is 0 Å². The highest BCUT2D eigenvalue weighted by Gasteiger charge is 2.38. The number of benzene rings is 1. The van der Waals surface area contributed by atoms with Crippen molar-refractivity contribution in [3.63, 3.8) is 0 Å². The number of ether oxygens (including phenoxy) is 2. The zero-order valence-electron chi connectivity index (χ0n) is 18.0. The van der Waals surface area contributed by atoms with Crippen molar-refractivity contribution in [1.82, 2.24) is 20.2 Å². The highest BCUT2D eigenvalue weighted by molar-refractivity contribution is 5.43. The zero-order valence-corrected chi connectivity index (χ0v) is 18.0. The molecule has 0 radical (unpaired) electrons. The predicted octanol–water partition coefficient (Wildman–Crippen LogP) is 2.24. The van der Waals surface area contributed by atoms with Crippen LogP contribution >= 0.6 is 0 Å². The van der Waals surface area contributed by atoms with Gasteiger partial charge in [0.25, 0.3) is 0 Å². The van der Waals surface area contributed by atoms with E-state index >= 15 is 0 Å². The van der Waals surface area contributed by atoms with Gasteiger partial charge in [0, 0.05) is 0 Å². The highest BCUT2D eigenvalue weighted by Crippen LogP contribution is 2.33. The van der Waals surface area contributed by atoms with Gasteiger partial charge in [0.15, 0.2) is 6.04 Å². The maximum Gasteiger partial charge on any atom is 0.214 e. The number of hydrogen-bond donors (Lipinski definition) is 1. The molecule has 0 aliphatic carbocycles. The fourth-order valence-corrected chi connectivity index (χ4v) is 3.98. The molecule has 154 valence electrons. The molecule has 28 heavy (non-hydrogen) atoms. The number of rotatable bonds is 7. The summed E-state index contributed by atoms with van der Waals surface area (Å²) in [7, 11) is 3.41. The monoisotopic (exact) mass is 388 g/mol. The Labute approximate surface area is 168 Å². The molecule has 1 fully saturated rings. The van der Waals surface area contributed by atoms with Crippen LogP contribution in [0.25, 0.3) is 0 Å². The lowest BCUT2D eigenvalue weighted by Crippen LogP contribution is -3.13. The third kappa shape index (κ3) is 3.99. The molecule has 1 saturated heterocycles. The summed E-state index contributed by atoms with van der Waals surface area (Å²) in [6.07, 6.45) is 3.35. The maximum atomic E-state index is 5.74. The second-order valence-electron chi connectivity index (χ2n) is 8.50. The molecule has 0 spiro atoms. The van der Waals surface area contributed by atoms with E-state index in [-0.39, 0.29) is 11.6 Å². The fraction of sp³-hybridized carbons (Fsp3) is 0.667. The Hall–Kier alpha value is -2.15. The van der Waals surface area contributed by atoms with Crippen LogP contribution in [0, 0.1) is 5.92 Å². The van der Waals surface area contributed by atoms with Crippen LogP contribution in [0.5, 0.6) is 11.5 Å². The fourth-order valence-electron chi connectivity index (χ4n) is 3.98. The molecule has 0 amide bonds. The lowest BCUT2D eigenvalue weighted by Gasteiger charge is -2.35. The predicted molar refractivity (Wildman–Crippen MR) is 108 cm³/mol. The summed E-state index contributed by atoms with van der Waals surface area (Å²) in [6.45, 7) is 11.0. The van der Waals surface area contributed by atoms with Crippen molar-refractivity contribution >= 4 is 0 Å². The van der Waals surface area contributed by atoms with Gasteiger partial charge in [-0.25, -0.2) is 4.68 Å². The van der Waals surface area contributed by atoms with Crippen molar-refractivity contribution < 1.29 is 14.4 Å². The minimum atomic E-state index is -0.161. The Morgan fingerprint density at radius 3 is 2.54 bits per heavy atom. The molecular formula is C21H34N5O2+. The van der Waals surface area contributed by atoms with Crippen LogP contribution in [0.3, 0.4) is 0 Å². The van der Waals surface area contributed by atoms with Gasteiger partial charge in [0.05, 0.1) is 38.4 Å². The smallest absolute Gasteiger partial charge is 0.214 e. The first-order valence-corrected chi connectivity index (χ1v) is 10.3. The topological polar surface area (TPSA) is 66.5 Å². The molecule has 2 heterocycles. The van der Waals surface area contributed by atoms with Gasteiger partial charge >= 0.3 is 0 Å². The van der Waals surface area contributed by atoms with Gasteiger partial charge in [-0.15, -0.1) is 5.10 Å². The van der Waals surface area contributed by atoms with Gasteiger partial charge in [0.1, 0.15) is 11.5 Å². The lowest BCUT2D eigenvalue weighted by atomic mass is 9.94. The Morgan fingerprint density at radius 2 is 1.93 bits per heavy atom. The Kier molecular flexibility index (Phi) is 6.23.